The Bertz CT molecular complexity index is 892. The highest BCUT2D eigenvalue weighted by Gasteiger charge is 2.14. The number of nitrogens with one attached hydrogen (secondary N) is 1. The predicted octanol–water partition coefficient (Wildman–Crippen LogP) is 4.10. The molecule has 0 fully saturated rings. The zero-order valence-electron chi connectivity index (χ0n) is 15.6. The Labute approximate surface area is 169 Å². The SMILES string of the molecule is CC(O)CN(CC(=O)NCc1ccc(-c2ccc(Cl)cc2)o1)c1ccccc1. The monoisotopic (exact) mass is 398 g/mol. The maximum atomic E-state index is 12.4. The number of hydrogen-bond acceptors (Lipinski definition) is 4. The maximum Gasteiger partial charge on any atom is 0.239 e. The lowest BCUT2D eigenvalue weighted by Crippen LogP contribution is -2.40. The van der Waals surface area contributed by atoms with E-state index in [4.69, 9.17) is 16.0 Å². The molecule has 0 spiro atoms. The van der Waals surface area contributed by atoms with E-state index in [0.717, 1.165) is 17.0 Å². The largest absolute Gasteiger partial charge is 0.459 e. The summed E-state index contributed by atoms with van der Waals surface area (Å²) in [5.74, 6) is 1.25. The van der Waals surface area contributed by atoms with Gasteiger partial charge in [-0.15, -0.1) is 0 Å². The van der Waals surface area contributed by atoms with Crippen LogP contribution in [0.5, 0.6) is 0 Å². The Morgan fingerprint density at radius 1 is 1.11 bits per heavy atom. The molecule has 0 bridgehead atoms. The van der Waals surface area contributed by atoms with Crippen molar-refractivity contribution < 1.29 is 14.3 Å². The molecule has 0 aliphatic carbocycles. The van der Waals surface area contributed by atoms with Gasteiger partial charge in [0.15, 0.2) is 0 Å². The third-order valence-corrected chi connectivity index (χ3v) is 4.44. The Kier molecular flexibility index (Phi) is 6.74. The summed E-state index contributed by atoms with van der Waals surface area (Å²) in [6.45, 7) is 2.53. The molecule has 0 aliphatic heterocycles. The van der Waals surface area contributed by atoms with Crippen LogP contribution >= 0.6 is 11.6 Å². The average Bonchev–Trinajstić information content (AvgIpc) is 3.16. The molecule has 1 heterocycles. The van der Waals surface area contributed by atoms with E-state index in [-0.39, 0.29) is 12.5 Å². The van der Waals surface area contributed by atoms with Crippen molar-refractivity contribution in [2.24, 2.45) is 0 Å². The molecule has 1 aromatic heterocycles. The van der Waals surface area contributed by atoms with Gasteiger partial charge in [-0.25, -0.2) is 0 Å². The van der Waals surface area contributed by atoms with Crippen LogP contribution in [0.1, 0.15) is 12.7 Å². The summed E-state index contributed by atoms with van der Waals surface area (Å²) in [6, 6.07) is 20.7. The van der Waals surface area contributed by atoms with Gasteiger partial charge in [-0.2, -0.15) is 0 Å². The number of rotatable bonds is 8. The van der Waals surface area contributed by atoms with Gasteiger partial charge in [0.05, 0.1) is 19.2 Å². The van der Waals surface area contributed by atoms with Gasteiger partial charge in [-0.3, -0.25) is 4.79 Å². The van der Waals surface area contributed by atoms with Crippen molar-refractivity contribution in [1.82, 2.24) is 5.32 Å². The molecular weight excluding hydrogens is 376 g/mol. The lowest BCUT2D eigenvalue weighted by molar-refractivity contribution is -0.120. The summed E-state index contributed by atoms with van der Waals surface area (Å²) in [5.41, 5.74) is 1.82. The van der Waals surface area contributed by atoms with Crippen LogP contribution in [0.15, 0.2) is 71.1 Å². The zero-order chi connectivity index (χ0) is 19.9. The molecule has 3 rings (SSSR count). The van der Waals surface area contributed by atoms with Gasteiger partial charge in [0, 0.05) is 22.8 Å². The van der Waals surface area contributed by atoms with Crippen LogP contribution in [0.2, 0.25) is 5.02 Å². The number of carbonyl (C=O) groups excluding carboxylic acids is 1. The van der Waals surface area contributed by atoms with Crippen molar-refractivity contribution in [1.29, 1.82) is 0 Å². The Hall–Kier alpha value is -2.76. The van der Waals surface area contributed by atoms with E-state index >= 15 is 0 Å². The molecule has 3 aromatic rings. The maximum absolute atomic E-state index is 12.4. The molecule has 1 amide bonds. The summed E-state index contributed by atoms with van der Waals surface area (Å²) >= 11 is 5.91. The first-order valence-electron chi connectivity index (χ1n) is 9.10. The highest BCUT2D eigenvalue weighted by atomic mass is 35.5. The fourth-order valence-electron chi connectivity index (χ4n) is 2.88. The summed E-state index contributed by atoms with van der Waals surface area (Å²) in [5, 5.41) is 13.3. The van der Waals surface area contributed by atoms with Crippen molar-refractivity contribution in [3.8, 4) is 11.3 Å². The number of para-hydroxylation sites is 1. The number of anilines is 1. The van der Waals surface area contributed by atoms with Gasteiger partial charge in [-0.1, -0.05) is 29.8 Å². The quantitative estimate of drug-likeness (QED) is 0.599. The molecule has 2 N–H and O–H groups in total. The summed E-state index contributed by atoms with van der Waals surface area (Å²) < 4.78 is 5.80. The van der Waals surface area contributed by atoms with Crippen LogP contribution < -0.4 is 10.2 Å². The number of amides is 1. The van der Waals surface area contributed by atoms with Crippen molar-refractivity contribution in [2.75, 3.05) is 18.0 Å². The molecule has 5 nitrogen and oxygen atoms in total. The molecule has 0 saturated carbocycles. The third-order valence-electron chi connectivity index (χ3n) is 4.19. The van der Waals surface area contributed by atoms with Gasteiger partial charge in [0.25, 0.3) is 0 Å². The van der Waals surface area contributed by atoms with Gasteiger partial charge in [0.2, 0.25) is 5.91 Å². The minimum atomic E-state index is -0.542. The van der Waals surface area contributed by atoms with Gasteiger partial charge in [-0.05, 0) is 55.5 Å². The number of carbonyl (C=O) groups is 1. The highest BCUT2D eigenvalue weighted by Crippen LogP contribution is 2.23. The van der Waals surface area contributed by atoms with Crippen molar-refractivity contribution in [3.05, 3.63) is 77.5 Å². The molecule has 146 valence electrons. The number of furan rings is 1. The van der Waals surface area contributed by atoms with Crippen LogP contribution in [0.4, 0.5) is 5.69 Å². The number of benzene rings is 2. The topological polar surface area (TPSA) is 65.7 Å². The molecule has 1 atom stereocenters. The number of aliphatic hydroxyl groups excluding tert-OH is 1. The van der Waals surface area contributed by atoms with Crippen molar-refractivity contribution in [3.63, 3.8) is 0 Å². The second-order valence-electron chi connectivity index (χ2n) is 6.61. The van der Waals surface area contributed by atoms with E-state index in [1.807, 2.05) is 59.5 Å². The second-order valence-corrected chi connectivity index (χ2v) is 7.05. The van der Waals surface area contributed by atoms with Gasteiger partial charge in [0.1, 0.15) is 11.5 Å². The normalized spacial score (nSPS) is 11.8. The van der Waals surface area contributed by atoms with E-state index < -0.39 is 6.10 Å². The average molecular weight is 399 g/mol. The number of nitrogens with zero attached hydrogens (tertiary/aromatic N) is 1. The van der Waals surface area contributed by atoms with Crippen LogP contribution in [0, 0.1) is 0 Å². The van der Waals surface area contributed by atoms with Crippen LogP contribution in [-0.2, 0) is 11.3 Å². The summed E-state index contributed by atoms with van der Waals surface area (Å²) in [4.78, 5) is 14.3. The van der Waals surface area contributed by atoms with E-state index in [2.05, 4.69) is 5.32 Å². The fraction of sp³-hybridized carbons (Fsp3) is 0.227. The van der Waals surface area contributed by atoms with Gasteiger partial charge < -0.3 is 19.7 Å². The second kappa shape index (κ2) is 9.44. The number of hydrogen-bond donors (Lipinski definition) is 2. The Morgan fingerprint density at radius 3 is 2.50 bits per heavy atom. The van der Waals surface area contributed by atoms with Crippen LogP contribution in [0.25, 0.3) is 11.3 Å². The highest BCUT2D eigenvalue weighted by molar-refractivity contribution is 6.30. The summed E-state index contributed by atoms with van der Waals surface area (Å²) in [6.07, 6.45) is -0.542. The van der Waals surface area contributed by atoms with Crippen LogP contribution in [0.3, 0.4) is 0 Å². The third kappa shape index (κ3) is 5.62. The first-order chi connectivity index (χ1) is 13.5. The lowest BCUT2D eigenvalue weighted by atomic mass is 10.2. The molecule has 1 unspecified atom stereocenters. The smallest absolute Gasteiger partial charge is 0.239 e. The van der Waals surface area contributed by atoms with Crippen molar-refractivity contribution in [2.45, 2.75) is 19.6 Å². The molecule has 0 radical (unpaired) electrons. The molecule has 28 heavy (non-hydrogen) atoms. The zero-order valence-corrected chi connectivity index (χ0v) is 16.4. The predicted molar refractivity (Wildman–Crippen MR) is 111 cm³/mol. The lowest BCUT2D eigenvalue weighted by Gasteiger charge is -2.25. The minimum absolute atomic E-state index is 0.144. The molecule has 6 heteroatoms. The Balaban J connectivity index is 1.58. The fourth-order valence-corrected chi connectivity index (χ4v) is 3.00. The van der Waals surface area contributed by atoms with E-state index in [1.54, 1.807) is 19.1 Å². The first kappa shape index (κ1) is 20.0. The van der Waals surface area contributed by atoms with Crippen molar-refractivity contribution >= 4 is 23.2 Å². The minimum Gasteiger partial charge on any atom is -0.459 e. The van der Waals surface area contributed by atoms with Crippen LogP contribution in [-0.4, -0.2) is 30.2 Å². The number of halogens is 1. The number of aliphatic hydroxyl groups is 1. The standard InChI is InChI=1S/C22H23ClN2O3/c1-16(26)14-25(19-5-3-2-4-6-19)15-22(27)24-13-20-11-12-21(28-20)17-7-9-18(23)10-8-17/h2-12,16,26H,13-15H2,1H3,(H,24,27). The van der Waals surface area contributed by atoms with E-state index in [1.165, 1.54) is 0 Å². The first-order valence-corrected chi connectivity index (χ1v) is 9.48. The molecule has 0 aliphatic rings. The van der Waals surface area contributed by atoms with Gasteiger partial charge >= 0.3 is 0 Å². The molecule has 2 aromatic carbocycles. The summed E-state index contributed by atoms with van der Waals surface area (Å²) in [7, 11) is 0. The van der Waals surface area contributed by atoms with E-state index in [9.17, 15) is 9.90 Å². The van der Waals surface area contributed by atoms with E-state index in [0.29, 0.717) is 23.9 Å². The molecule has 0 saturated heterocycles. The molecular formula is C22H23ClN2O3. The Morgan fingerprint density at radius 2 is 1.82 bits per heavy atom.